The van der Waals surface area contributed by atoms with Crippen LogP contribution in [0, 0.1) is 11.3 Å². The maximum absolute atomic E-state index is 9.24. The molecule has 0 aliphatic heterocycles. The molecule has 0 fully saturated rings. The summed E-state index contributed by atoms with van der Waals surface area (Å²) in [5.41, 5.74) is 1.86. The van der Waals surface area contributed by atoms with Gasteiger partial charge in [0.1, 0.15) is 6.04 Å². The molecule has 0 spiro atoms. The van der Waals surface area contributed by atoms with E-state index in [4.69, 9.17) is 0 Å². The summed E-state index contributed by atoms with van der Waals surface area (Å²) >= 11 is 6.79. The lowest BCUT2D eigenvalue weighted by Gasteiger charge is -2.13. The van der Waals surface area contributed by atoms with Crippen LogP contribution in [0.3, 0.4) is 0 Å². The standard InChI is InChI=1S/C14H10Br2N2/c15-11-6-4-10(5-7-11)14(9-17)18-13-3-1-2-12(16)8-13/h1-8,14,18H. The molecular formula is C14H10Br2N2. The first-order valence-corrected chi connectivity index (χ1v) is 6.95. The van der Waals surface area contributed by atoms with Crippen LogP contribution in [0.25, 0.3) is 0 Å². The van der Waals surface area contributed by atoms with Gasteiger partial charge in [-0.2, -0.15) is 5.26 Å². The van der Waals surface area contributed by atoms with Gasteiger partial charge in [0.2, 0.25) is 0 Å². The Morgan fingerprint density at radius 3 is 2.33 bits per heavy atom. The second-order valence-electron chi connectivity index (χ2n) is 3.77. The van der Waals surface area contributed by atoms with E-state index in [0.29, 0.717) is 0 Å². The van der Waals surface area contributed by atoms with Crippen molar-refractivity contribution in [3.63, 3.8) is 0 Å². The van der Waals surface area contributed by atoms with Crippen molar-refractivity contribution in [2.24, 2.45) is 0 Å². The lowest BCUT2D eigenvalue weighted by molar-refractivity contribution is 0.997. The van der Waals surface area contributed by atoms with E-state index in [2.05, 4.69) is 43.2 Å². The number of benzene rings is 2. The van der Waals surface area contributed by atoms with Crippen LogP contribution in [0.15, 0.2) is 57.5 Å². The number of halogens is 2. The molecule has 18 heavy (non-hydrogen) atoms. The van der Waals surface area contributed by atoms with Gasteiger partial charge in [-0.15, -0.1) is 0 Å². The van der Waals surface area contributed by atoms with Crippen molar-refractivity contribution in [2.75, 3.05) is 5.32 Å². The summed E-state index contributed by atoms with van der Waals surface area (Å²) in [5.74, 6) is 0. The smallest absolute Gasteiger partial charge is 0.140 e. The molecule has 0 aliphatic rings. The lowest BCUT2D eigenvalue weighted by atomic mass is 10.1. The van der Waals surface area contributed by atoms with Gasteiger partial charge in [-0.3, -0.25) is 0 Å². The Morgan fingerprint density at radius 2 is 1.72 bits per heavy atom. The van der Waals surface area contributed by atoms with E-state index >= 15 is 0 Å². The van der Waals surface area contributed by atoms with Crippen LogP contribution >= 0.6 is 31.9 Å². The maximum Gasteiger partial charge on any atom is 0.140 e. The molecule has 0 aliphatic carbocycles. The zero-order valence-electron chi connectivity index (χ0n) is 9.40. The van der Waals surface area contributed by atoms with Gasteiger partial charge in [0.15, 0.2) is 0 Å². The highest BCUT2D eigenvalue weighted by Crippen LogP contribution is 2.23. The predicted molar refractivity (Wildman–Crippen MR) is 80.3 cm³/mol. The summed E-state index contributed by atoms with van der Waals surface area (Å²) < 4.78 is 1.99. The summed E-state index contributed by atoms with van der Waals surface area (Å²) in [7, 11) is 0. The molecular weight excluding hydrogens is 356 g/mol. The van der Waals surface area contributed by atoms with Crippen molar-refractivity contribution >= 4 is 37.5 Å². The molecule has 1 unspecified atom stereocenters. The molecule has 0 saturated carbocycles. The second kappa shape index (κ2) is 6.03. The van der Waals surface area contributed by atoms with Crippen LogP contribution in [0.2, 0.25) is 0 Å². The van der Waals surface area contributed by atoms with E-state index in [0.717, 1.165) is 20.2 Å². The van der Waals surface area contributed by atoms with E-state index < -0.39 is 0 Å². The van der Waals surface area contributed by atoms with E-state index in [9.17, 15) is 5.26 Å². The zero-order chi connectivity index (χ0) is 13.0. The Labute approximate surface area is 123 Å². The number of anilines is 1. The van der Waals surface area contributed by atoms with Gasteiger partial charge in [-0.1, -0.05) is 50.1 Å². The van der Waals surface area contributed by atoms with E-state index in [1.54, 1.807) is 0 Å². The highest BCUT2D eigenvalue weighted by Gasteiger charge is 2.09. The maximum atomic E-state index is 9.24. The SMILES string of the molecule is N#CC(Nc1cccc(Br)c1)c1ccc(Br)cc1. The van der Waals surface area contributed by atoms with Crippen molar-refractivity contribution in [3.05, 3.63) is 63.0 Å². The number of nitriles is 1. The molecule has 4 heteroatoms. The molecule has 0 radical (unpaired) electrons. The predicted octanol–water partition coefficient (Wildman–Crippen LogP) is 4.89. The number of hydrogen-bond donors (Lipinski definition) is 1. The molecule has 0 saturated heterocycles. The van der Waals surface area contributed by atoms with Crippen LogP contribution in [0.4, 0.5) is 5.69 Å². The van der Waals surface area contributed by atoms with Crippen LogP contribution in [0.1, 0.15) is 11.6 Å². The molecule has 2 aromatic rings. The van der Waals surface area contributed by atoms with Crippen LogP contribution in [-0.4, -0.2) is 0 Å². The first-order valence-electron chi connectivity index (χ1n) is 5.36. The molecule has 0 bridgehead atoms. The molecule has 2 nitrogen and oxygen atoms in total. The summed E-state index contributed by atoms with van der Waals surface area (Å²) in [6, 6.07) is 17.4. The average Bonchev–Trinajstić information content (AvgIpc) is 2.37. The summed E-state index contributed by atoms with van der Waals surface area (Å²) in [5, 5.41) is 12.4. The Hall–Kier alpha value is -1.31. The lowest BCUT2D eigenvalue weighted by Crippen LogP contribution is -2.08. The summed E-state index contributed by atoms with van der Waals surface area (Å²) in [4.78, 5) is 0. The van der Waals surface area contributed by atoms with Gasteiger partial charge < -0.3 is 5.32 Å². The van der Waals surface area contributed by atoms with Crippen LogP contribution < -0.4 is 5.32 Å². The minimum absolute atomic E-state index is 0.354. The third-order valence-corrected chi connectivity index (χ3v) is 3.49. The highest BCUT2D eigenvalue weighted by atomic mass is 79.9. The molecule has 2 aromatic carbocycles. The summed E-state index contributed by atoms with van der Waals surface area (Å²) in [6.45, 7) is 0. The highest BCUT2D eigenvalue weighted by molar-refractivity contribution is 9.10. The first-order chi connectivity index (χ1) is 8.69. The first kappa shape index (κ1) is 13.1. The summed E-state index contributed by atoms with van der Waals surface area (Å²) in [6.07, 6.45) is 0. The Morgan fingerprint density at radius 1 is 1.00 bits per heavy atom. The fourth-order valence-corrected chi connectivity index (χ4v) is 2.25. The van der Waals surface area contributed by atoms with Gasteiger partial charge in [-0.05, 0) is 35.9 Å². The molecule has 0 aromatic heterocycles. The Kier molecular flexibility index (Phi) is 4.40. The normalized spacial score (nSPS) is 11.6. The van der Waals surface area contributed by atoms with E-state index in [1.165, 1.54) is 0 Å². The molecule has 2 rings (SSSR count). The number of nitrogens with zero attached hydrogens (tertiary/aromatic N) is 1. The fraction of sp³-hybridized carbons (Fsp3) is 0.0714. The quantitative estimate of drug-likeness (QED) is 0.840. The third kappa shape index (κ3) is 3.34. The zero-order valence-corrected chi connectivity index (χ0v) is 12.6. The van der Waals surface area contributed by atoms with Crippen molar-refractivity contribution in [3.8, 4) is 6.07 Å². The van der Waals surface area contributed by atoms with Crippen molar-refractivity contribution < 1.29 is 0 Å². The van der Waals surface area contributed by atoms with E-state index in [1.807, 2.05) is 48.5 Å². The minimum atomic E-state index is -0.354. The molecule has 0 heterocycles. The van der Waals surface area contributed by atoms with Crippen LogP contribution in [0.5, 0.6) is 0 Å². The molecule has 1 N–H and O–H groups in total. The van der Waals surface area contributed by atoms with Crippen molar-refractivity contribution in [2.45, 2.75) is 6.04 Å². The van der Waals surface area contributed by atoms with Gasteiger partial charge in [0.05, 0.1) is 6.07 Å². The van der Waals surface area contributed by atoms with Gasteiger partial charge in [0, 0.05) is 14.6 Å². The van der Waals surface area contributed by atoms with Gasteiger partial charge in [0.25, 0.3) is 0 Å². The topological polar surface area (TPSA) is 35.8 Å². The number of hydrogen-bond acceptors (Lipinski definition) is 2. The monoisotopic (exact) mass is 364 g/mol. The van der Waals surface area contributed by atoms with Crippen molar-refractivity contribution in [1.82, 2.24) is 0 Å². The van der Waals surface area contributed by atoms with Crippen LogP contribution in [-0.2, 0) is 0 Å². The average molecular weight is 366 g/mol. The third-order valence-electron chi connectivity index (χ3n) is 2.47. The second-order valence-corrected chi connectivity index (χ2v) is 5.60. The molecule has 1 atom stereocenters. The largest absolute Gasteiger partial charge is 0.366 e. The van der Waals surface area contributed by atoms with Gasteiger partial charge >= 0.3 is 0 Å². The minimum Gasteiger partial charge on any atom is -0.366 e. The van der Waals surface area contributed by atoms with Crippen molar-refractivity contribution in [1.29, 1.82) is 5.26 Å². The Bertz CT molecular complexity index is 573. The van der Waals surface area contributed by atoms with Gasteiger partial charge in [-0.25, -0.2) is 0 Å². The fourth-order valence-electron chi connectivity index (χ4n) is 1.59. The molecule has 90 valence electrons. The van der Waals surface area contributed by atoms with E-state index in [-0.39, 0.29) is 6.04 Å². The number of nitrogens with one attached hydrogen (secondary N) is 1. The Balaban J connectivity index is 2.20. The number of rotatable bonds is 3. The molecule has 0 amide bonds.